The smallest absolute Gasteiger partial charge is 0.247 e. The van der Waals surface area contributed by atoms with E-state index < -0.39 is 0 Å². The number of nitrogens with one attached hydrogen (secondary N) is 1. The summed E-state index contributed by atoms with van der Waals surface area (Å²) >= 11 is 0. The number of rotatable bonds is 4. The molecule has 0 fully saturated rings. The van der Waals surface area contributed by atoms with Gasteiger partial charge in [-0.05, 0) is 41.5 Å². The van der Waals surface area contributed by atoms with E-state index in [0.717, 1.165) is 0 Å². The number of amidine groups is 1. The van der Waals surface area contributed by atoms with Crippen LogP contribution in [0.1, 0.15) is 55.4 Å². The van der Waals surface area contributed by atoms with Crippen LogP contribution in [-0.2, 0) is 0 Å². The average Bonchev–Trinajstić information content (AvgIpc) is 2.00. The summed E-state index contributed by atoms with van der Waals surface area (Å²) in [6.45, 7) is 17.9. The molecule has 0 heterocycles. The van der Waals surface area contributed by atoms with Gasteiger partial charge in [0.15, 0.2) is 0 Å². The van der Waals surface area contributed by atoms with Gasteiger partial charge < -0.3 is 0 Å². The maximum atomic E-state index is 3.58. The van der Waals surface area contributed by atoms with E-state index in [4.69, 9.17) is 0 Å². The Morgan fingerprint density at radius 1 is 0.800 bits per heavy atom. The van der Waals surface area contributed by atoms with E-state index >= 15 is 0 Å². The van der Waals surface area contributed by atoms with Crippen molar-refractivity contribution >= 4 is 5.84 Å². The molecule has 0 atom stereocenters. The van der Waals surface area contributed by atoms with Crippen LogP contribution in [0, 0.1) is 5.92 Å². The third-order valence-electron chi connectivity index (χ3n) is 2.37. The lowest BCUT2D eigenvalue weighted by Gasteiger charge is -2.22. The second-order valence-electron chi connectivity index (χ2n) is 5.43. The van der Waals surface area contributed by atoms with Gasteiger partial charge in [-0.15, -0.1) is 0 Å². The molecule has 0 bridgehead atoms. The van der Waals surface area contributed by atoms with Crippen LogP contribution in [0.25, 0.3) is 0 Å². The Balaban J connectivity index is 5.16. The minimum Gasteiger partial charge on any atom is -0.276 e. The molecule has 15 heavy (non-hydrogen) atoms. The molecule has 2 heteroatoms. The molecule has 0 saturated carbocycles. The zero-order chi connectivity index (χ0) is 12.2. The highest BCUT2D eigenvalue weighted by atomic mass is 15.2. The van der Waals surface area contributed by atoms with Crippen LogP contribution in [0.5, 0.6) is 0 Å². The van der Waals surface area contributed by atoms with Crippen molar-refractivity contribution in [1.82, 2.24) is 5.32 Å². The fraction of sp³-hybridized carbons (Fsp3) is 0.923. The first-order valence-corrected chi connectivity index (χ1v) is 6.19. The second kappa shape index (κ2) is 6.14. The van der Waals surface area contributed by atoms with E-state index in [-0.39, 0.29) is 0 Å². The minimum atomic E-state index is 0.502. The van der Waals surface area contributed by atoms with E-state index in [2.05, 4.69) is 65.3 Å². The molecular formula is C13H29N2+. The topological polar surface area (TPSA) is 15.0 Å². The molecule has 0 aliphatic carbocycles. The molecule has 0 aromatic carbocycles. The second-order valence-corrected chi connectivity index (χ2v) is 5.43. The van der Waals surface area contributed by atoms with E-state index in [1.807, 2.05) is 0 Å². The molecular weight excluding hydrogens is 184 g/mol. The van der Waals surface area contributed by atoms with E-state index in [1.165, 1.54) is 5.84 Å². The third-order valence-corrected chi connectivity index (χ3v) is 2.37. The van der Waals surface area contributed by atoms with E-state index in [0.29, 0.717) is 24.0 Å². The summed E-state index contributed by atoms with van der Waals surface area (Å²) < 4.78 is 2.48. The van der Waals surface area contributed by atoms with Gasteiger partial charge in [-0.1, -0.05) is 13.8 Å². The molecule has 0 aliphatic rings. The Morgan fingerprint density at radius 2 is 1.20 bits per heavy atom. The Labute approximate surface area is 95.8 Å². The lowest BCUT2D eigenvalue weighted by molar-refractivity contribution is -0.591. The normalized spacial score (nSPS) is 11.7. The van der Waals surface area contributed by atoms with Crippen LogP contribution in [0.2, 0.25) is 0 Å². The van der Waals surface area contributed by atoms with Crippen LogP contribution < -0.4 is 5.32 Å². The van der Waals surface area contributed by atoms with Crippen molar-refractivity contribution in [2.24, 2.45) is 5.92 Å². The van der Waals surface area contributed by atoms with Crippen molar-refractivity contribution < 1.29 is 4.58 Å². The van der Waals surface area contributed by atoms with Crippen molar-refractivity contribution in [1.29, 1.82) is 0 Å². The first-order chi connectivity index (χ1) is 6.77. The Hall–Kier alpha value is -0.530. The first kappa shape index (κ1) is 14.5. The van der Waals surface area contributed by atoms with Gasteiger partial charge in [0, 0.05) is 0 Å². The SMILES string of the molecule is CC(C)NC(C(C)C)=[N+](C(C)C)C(C)C. The molecule has 0 amide bonds. The van der Waals surface area contributed by atoms with Gasteiger partial charge in [-0.25, -0.2) is 0 Å². The van der Waals surface area contributed by atoms with Crippen molar-refractivity contribution in [2.75, 3.05) is 0 Å². The summed E-state index contributed by atoms with van der Waals surface area (Å²) in [6, 6.07) is 1.60. The lowest BCUT2D eigenvalue weighted by Crippen LogP contribution is -2.45. The van der Waals surface area contributed by atoms with Gasteiger partial charge in [-0.2, -0.15) is 0 Å². The molecule has 0 aromatic rings. The number of hydrogen-bond acceptors (Lipinski definition) is 0. The molecule has 0 saturated heterocycles. The summed E-state index contributed by atoms with van der Waals surface area (Å²) in [5, 5.41) is 3.58. The Morgan fingerprint density at radius 3 is 1.40 bits per heavy atom. The largest absolute Gasteiger partial charge is 0.276 e. The van der Waals surface area contributed by atoms with Gasteiger partial charge in [0.2, 0.25) is 5.84 Å². The van der Waals surface area contributed by atoms with Gasteiger partial charge in [0.05, 0.1) is 24.0 Å². The average molecular weight is 213 g/mol. The molecule has 0 unspecified atom stereocenters. The van der Waals surface area contributed by atoms with Crippen LogP contribution in [-0.4, -0.2) is 28.5 Å². The quantitative estimate of drug-likeness (QED) is 0.431. The van der Waals surface area contributed by atoms with Crippen LogP contribution in [0.4, 0.5) is 0 Å². The van der Waals surface area contributed by atoms with Crippen molar-refractivity contribution in [3.8, 4) is 0 Å². The summed E-state index contributed by atoms with van der Waals surface area (Å²) in [5.41, 5.74) is 0. The minimum absolute atomic E-state index is 0.502. The zero-order valence-corrected chi connectivity index (χ0v) is 11.8. The van der Waals surface area contributed by atoms with Gasteiger partial charge in [-0.3, -0.25) is 9.89 Å². The maximum absolute atomic E-state index is 3.58. The van der Waals surface area contributed by atoms with Crippen molar-refractivity contribution in [2.45, 2.75) is 73.5 Å². The molecule has 90 valence electrons. The Bertz CT molecular complexity index is 203. The zero-order valence-electron chi connectivity index (χ0n) is 11.8. The monoisotopic (exact) mass is 213 g/mol. The van der Waals surface area contributed by atoms with Gasteiger partial charge in [0.1, 0.15) is 0 Å². The first-order valence-electron chi connectivity index (χ1n) is 6.19. The highest BCUT2D eigenvalue weighted by Gasteiger charge is 2.22. The molecule has 1 N–H and O–H groups in total. The number of hydrogen-bond donors (Lipinski definition) is 1. The van der Waals surface area contributed by atoms with Crippen molar-refractivity contribution in [3.05, 3.63) is 0 Å². The standard InChI is InChI=1S/C13H28N2/c1-9(2)13(14-10(3)4)15(11(5)6)12(7)8/h9-12H,1-8H3/p+1. The fourth-order valence-electron chi connectivity index (χ4n) is 1.99. The molecule has 0 radical (unpaired) electrons. The third kappa shape index (κ3) is 4.67. The summed E-state index contributed by atoms with van der Waals surface area (Å²) in [5.74, 6) is 1.92. The van der Waals surface area contributed by atoms with Gasteiger partial charge in [0.25, 0.3) is 0 Å². The summed E-state index contributed by atoms with van der Waals surface area (Å²) in [6.07, 6.45) is 0. The predicted octanol–water partition coefficient (Wildman–Crippen LogP) is 2.87. The fourth-order valence-corrected chi connectivity index (χ4v) is 1.99. The summed E-state index contributed by atoms with van der Waals surface area (Å²) in [7, 11) is 0. The molecule has 0 aliphatic heterocycles. The van der Waals surface area contributed by atoms with E-state index in [9.17, 15) is 0 Å². The lowest BCUT2D eigenvalue weighted by atomic mass is 10.1. The van der Waals surface area contributed by atoms with Crippen LogP contribution >= 0.6 is 0 Å². The molecule has 0 aromatic heterocycles. The Kier molecular flexibility index (Phi) is 5.92. The maximum Gasteiger partial charge on any atom is 0.247 e. The van der Waals surface area contributed by atoms with Crippen LogP contribution in [0.3, 0.4) is 0 Å². The predicted molar refractivity (Wildman–Crippen MR) is 68.6 cm³/mol. The van der Waals surface area contributed by atoms with E-state index in [1.54, 1.807) is 0 Å². The van der Waals surface area contributed by atoms with Crippen molar-refractivity contribution in [3.63, 3.8) is 0 Å². The molecule has 0 rings (SSSR count). The molecule has 2 nitrogen and oxygen atoms in total. The van der Waals surface area contributed by atoms with Gasteiger partial charge >= 0.3 is 0 Å². The molecule has 0 spiro atoms. The summed E-state index contributed by atoms with van der Waals surface area (Å²) in [4.78, 5) is 0. The number of nitrogens with zero attached hydrogens (tertiary/aromatic N) is 1. The highest BCUT2D eigenvalue weighted by Crippen LogP contribution is 2.04. The highest BCUT2D eigenvalue weighted by molar-refractivity contribution is 5.79. The van der Waals surface area contributed by atoms with Crippen LogP contribution in [0.15, 0.2) is 0 Å².